The van der Waals surface area contributed by atoms with Gasteiger partial charge in [-0.15, -0.1) is 0 Å². The Balaban J connectivity index is 1.72. The van der Waals surface area contributed by atoms with E-state index in [2.05, 4.69) is 24.3 Å². The fourth-order valence-electron chi connectivity index (χ4n) is 3.66. The van der Waals surface area contributed by atoms with E-state index in [4.69, 9.17) is 4.74 Å². The van der Waals surface area contributed by atoms with Crippen LogP contribution < -0.4 is 5.32 Å². The van der Waals surface area contributed by atoms with Gasteiger partial charge >= 0.3 is 6.03 Å². The molecule has 1 aliphatic heterocycles. The molecule has 22 heavy (non-hydrogen) atoms. The lowest BCUT2D eigenvalue weighted by atomic mass is 9.92. The van der Waals surface area contributed by atoms with E-state index in [0.717, 1.165) is 51.2 Å². The fraction of sp³-hybridized carbons (Fsp3) is 0.941. The number of carbonyl (C=O) groups is 1. The molecule has 2 fully saturated rings. The molecule has 1 aliphatic carbocycles. The Kier molecular flexibility index (Phi) is 6.96. The lowest BCUT2D eigenvalue weighted by Gasteiger charge is -2.36. The average Bonchev–Trinajstić information content (AvgIpc) is 2.54. The number of ether oxygens (including phenoxy) is 1. The van der Waals surface area contributed by atoms with Crippen LogP contribution in [0.4, 0.5) is 4.79 Å². The third kappa shape index (κ3) is 5.13. The molecule has 1 N–H and O–H groups in total. The quantitative estimate of drug-likeness (QED) is 0.847. The third-order valence-electron chi connectivity index (χ3n) is 5.20. The minimum Gasteiger partial charge on any atom is -0.379 e. The molecule has 1 saturated carbocycles. The van der Waals surface area contributed by atoms with Crippen LogP contribution >= 0.6 is 0 Å². The lowest BCUT2D eigenvalue weighted by Crippen LogP contribution is -2.52. The Morgan fingerprint density at radius 1 is 1.18 bits per heavy atom. The van der Waals surface area contributed by atoms with Gasteiger partial charge in [-0.3, -0.25) is 0 Å². The Morgan fingerprint density at radius 3 is 2.50 bits per heavy atom. The topological polar surface area (TPSA) is 44.8 Å². The van der Waals surface area contributed by atoms with Gasteiger partial charge in [-0.25, -0.2) is 4.79 Å². The van der Waals surface area contributed by atoms with Crippen molar-refractivity contribution in [3.8, 4) is 0 Å². The maximum atomic E-state index is 12.5. The van der Waals surface area contributed by atoms with E-state index in [0.29, 0.717) is 0 Å². The van der Waals surface area contributed by atoms with E-state index in [1.54, 1.807) is 7.11 Å². The van der Waals surface area contributed by atoms with Crippen molar-refractivity contribution >= 4 is 6.03 Å². The third-order valence-corrected chi connectivity index (χ3v) is 5.20. The van der Waals surface area contributed by atoms with Crippen LogP contribution in [0.15, 0.2) is 0 Å². The van der Waals surface area contributed by atoms with Crippen LogP contribution in [0.1, 0.15) is 44.9 Å². The molecule has 2 amide bonds. The molecule has 0 radical (unpaired) electrons. The monoisotopic (exact) mass is 311 g/mol. The molecule has 2 atom stereocenters. The van der Waals surface area contributed by atoms with E-state index in [1.165, 1.54) is 19.3 Å². The summed E-state index contributed by atoms with van der Waals surface area (Å²) in [5.74, 6) is 0.771. The molecular weight excluding hydrogens is 278 g/mol. The lowest BCUT2D eigenvalue weighted by molar-refractivity contribution is 0.0422. The molecule has 0 aromatic heterocycles. The summed E-state index contributed by atoms with van der Waals surface area (Å²) < 4.78 is 5.53. The van der Waals surface area contributed by atoms with Gasteiger partial charge in [-0.05, 0) is 58.7 Å². The molecular formula is C17H33N3O2. The Bertz CT molecular complexity index is 341. The number of nitrogens with one attached hydrogen (secondary N) is 1. The van der Waals surface area contributed by atoms with E-state index in [1.807, 2.05) is 4.90 Å². The van der Waals surface area contributed by atoms with E-state index in [-0.39, 0.29) is 18.2 Å². The van der Waals surface area contributed by atoms with Crippen LogP contribution in [0, 0.1) is 5.92 Å². The van der Waals surface area contributed by atoms with Gasteiger partial charge in [0.05, 0.1) is 12.1 Å². The zero-order valence-electron chi connectivity index (χ0n) is 14.5. The molecule has 1 heterocycles. The second kappa shape index (κ2) is 8.73. The second-order valence-corrected chi connectivity index (χ2v) is 7.14. The van der Waals surface area contributed by atoms with Crippen molar-refractivity contribution in [3.05, 3.63) is 0 Å². The van der Waals surface area contributed by atoms with Gasteiger partial charge in [0.15, 0.2) is 0 Å². The summed E-state index contributed by atoms with van der Waals surface area (Å²) in [7, 11) is 6.00. The van der Waals surface area contributed by atoms with E-state index >= 15 is 0 Å². The van der Waals surface area contributed by atoms with Crippen molar-refractivity contribution in [2.45, 2.75) is 57.1 Å². The number of piperidine rings is 1. The molecule has 0 aromatic carbocycles. The van der Waals surface area contributed by atoms with Gasteiger partial charge in [0.1, 0.15) is 0 Å². The highest BCUT2D eigenvalue weighted by Gasteiger charge is 2.29. The van der Waals surface area contributed by atoms with Crippen molar-refractivity contribution in [3.63, 3.8) is 0 Å². The van der Waals surface area contributed by atoms with Crippen molar-refractivity contribution in [1.29, 1.82) is 0 Å². The molecule has 2 rings (SSSR count). The number of methoxy groups -OCH3 is 1. The highest BCUT2D eigenvalue weighted by atomic mass is 16.5. The number of hydrogen-bond donors (Lipinski definition) is 1. The summed E-state index contributed by atoms with van der Waals surface area (Å²) in [6.45, 7) is 2.94. The van der Waals surface area contributed by atoms with E-state index < -0.39 is 0 Å². The number of rotatable bonds is 5. The van der Waals surface area contributed by atoms with Gasteiger partial charge < -0.3 is 19.9 Å². The summed E-state index contributed by atoms with van der Waals surface area (Å²) >= 11 is 0. The van der Waals surface area contributed by atoms with Crippen LogP contribution in [0.25, 0.3) is 0 Å². The van der Waals surface area contributed by atoms with E-state index in [9.17, 15) is 4.79 Å². The minimum absolute atomic E-state index is 0.111. The largest absolute Gasteiger partial charge is 0.379 e. The Morgan fingerprint density at radius 2 is 1.86 bits per heavy atom. The summed E-state index contributed by atoms with van der Waals surface area (Å²) in [5, 5.41) is 3.21. The first-order valence-electron chi connectivity index (χ1n) is 8.83. The van der Waals surface area contributed by atoms with Crippen molar-refractivity contribution in [2.24, 2.45) is 5.92 Å². The summed E-state index contributed by atoms with van der Waals surface area (Å²) in [6, 6.07) is 0.303. The Labute approximate surface area is 135 Å². The van der Waals surface area contributed by atoms with Crippen molar-refractivity contribution in [2.75, 3.05) is 40.8 Å². The van der Waals surface area contributed by atoms with Gasteiger partial charge in [0.25, 0.3) is 0 Å². The van der Waals surface area contributed by atoms with Gasteiger partial charge in [0.2, 0.25) is 0 Å². The standard InChI is InChI=1S/C17H33N3O2/c1-19(2)11-8-14-9-12-20(13-10-14)17(21)18-15-6-4-5-7-16(15)22-3/h14-16H,4-13H2,1-3H3,(H,18,21)/t15-,16+/m1/s1. The first-order chi connectivity index (χ1) is 10.6. The minimum atomic E-state index is 0.111. The number of hydrogen-bond acceptors (Lipinski definition) is 3. The maximum Gasteiger partial charge on any atom is 0.317 e. The predicted octanol–water partition coefficient (Wildman–Crippen LogP) is 2.32. The molecule has 0 bridgehead atoms. The van der Waals surface area contributed by atoms with Gasteiger partial charge in [-0.1, -0.05) is 12.8 Å². The summed E-state index contributed by atoms with van der Waals surface area (Å²) in [4.78, 5) is 16.7. The number of nitrogens with zero attached hydrogens (tertiary/aromatic N) is 2. The zero-order valence-corrected chi connectivity index (χ0v) is 14.5. The molecule has 0 spiro atoms. The molecule has 1 saturated heterocycles. The smallest absolute Gasteiger partial charge is 0.317 e. The second-order valence-electron chi connectivity index (χ2n) is 7.14. The van der Waals surface area contributed by atoms with Crippen LogP contribution in [-0.2, 0) is 4.74 Å². The number of urea groups is 1. The predicted molar refractivity (Wildman–Crippen MR) is 89.1 cm³/mol. The first-order valence-corrected chi connectivity index (χ1v) is 8.83. The van der Waals surface area contributed by atoms with Crippen molar-refractivity contribution in [1.82, 2.24) is 15.1 Å². The van der Waals surface area contributed by atoms with Crippen LogP contribution in [-0.4, -0.2) is 68.8 Å². The summed E-state index contributed by atoms with van der Waals surface area (Å²) in [6.07, 6.45) is 8.23. The van der Waals surface area contributed by atoms with Gasteiger partial charge in [0, 0.05) is 20.2 Å². The van der Waals surface area contributed by atoms with Crippen LogP contribution in [0.3, 0.4) is 0 Å². The molecule has 0 unspecified atom stereocenters. The highest BCUT2D eigenvalue weighted by Crippen LogP contribution is 2.23. The maximum absolute atomic E-state index is 12.5. The van der Waals surface area contributed by atoms with Crippen molar-refractivity contribution < 1.29 is 9.53 Å². The molecule has 0 aromatic rings. The SMILES string of the molecule is CO[C@H]1CCCC[C@H]1NC(=O)N1CCC(CCN(C)C)CC1. The molecule has 5 nitrogen and oxygen atoms in total. The molecule has 128 valence electrons. The van der Waals surface area contributed by atoms with Crippen LogP contribution in [0.5, 0.6) is 0 Å². The van der Waals surface area contributed by atoms with Gasteiger partial charge in [-0.2, -0.15) is 0 Å². The fourth-order valence-corrected chi connectivity index (χ4v) is 3.66. The normalized spacial score (nSPS) is 27.2. The first kappa shape index (κ1) is 17.5. The molecule has 5 heteroatoms. The highest BCUT2D eigenvalue weighted by molar-refractivity contribution is 5.74. The van der Waals surface area contributed by atoms with Crippen LogP contribution in [0.2, 0.25) is 0 Å². The molecule has 2 aliphatic rings. The number of likely N-dealkylation sites (tertiary alicyclic amines) is 1. The number of carbonyl (C=O) groups excluding carboxylic acids is 1. The number of amides is 2. The summed E-state index contributed by atoms with van der Waals surface area (Å²) in [5.41, 5.74) is 0. The zero-order chi connectivity index (χ0) is 15.9. The average molecular weight is 311 g/mol. The Hall–Kier alpha value is -0.810.